The maximum atomic E-state index is 11.5. The minimum Gasteiger partial charge on any atom is -0.465 e. The smallest absolute Gasteiger partial charge is 0.244 e. The number of anilines is 2. The molecule has 2 heterocycles. The third-order valence-electron chi connectivity index (χ3n) is 2.69. The van der Waals surface area contributed by atoms with E-state index < -0.39 is 0 Å². The van der Waals surface area contributed by atoms with Crippen molar-refractivity contribution in [3.05, 3.63) is 48.6 Å². The molecule has 2 rings (SSSR count). The first-order chi connectivity index (χ1) is 10.2. The summed E-state index contributed by atoms with van der Waals surface area (Å²) in [7, 11) is 0. The Morgan fingerprint density at radius 2 is 2.24 bits per heavy atom. The molecule has 0 saturated carbocycles. The van der Waals surface area contributed by atoms with Crippen molar-refractivity contribution in [3.63, 3.8) is 0 Å². The highest BCUT2D eigenvalue weighted by atomic mass is 16.3. The van der Waals surface area contributed by atoms with Crippen LogP contribution in [0.15, 0.2) is 47.2 Å². The number of hydrogen-bond acceptors (Lipinski definition) is 5. The van der Waals surface area contributed by atoms with Crippen LogP contribution >= 0.6 is 0 Å². The summed E-state index contributed by atoms with van der Waals surface area (Å²) in [6, 6.07) is 7.17. The second-order valence-electron chi connectivity index (χ2n) is 4.40. The number of furan rings is 1. The Morgan fingerprint density at radius 3 is 2.95 bits per heavy atom. The van der Waals surface area contributed by atoms with Crippen molar-refractivity contribution < 1.29 is 9.21 Å². The molecule has 0 fully saturated rings. The number of carbonyl (C=O) groups excluding carboxylic acids is 1. The zero-order valence-electron chi connectivity index (χ0n) is 11.6. The van der Waals surface area contributed by atoms with E-state index in [0.717, 1.165) is 18.8 Å². The molecule has 0 spiro atoms. The van der Waals surface area contributed by atoms with Crippen molar-refractivity contribution in [2.24, 2.45) is 0 Å². The molecule has 0 aliphatic heterocycles. The number of aromatic nitrogens is 1. The maximum Gasteiger partial charge on any atom is 0.244 e. The van der Waals surface area contributed by atoms with E-state index in [9.17, 15) is 4.79 Å². The molecule has 0 aliphatic carbocycles. The Bertz CT molecular complexity index is 576. The van der Waals surface area contributed by atoms with Crippen LogP contribution in [0, 0.1) is 0 Å². The number of nitrogens with two attached hydrogens (primary N) is 1. The molecule has 0 aliphatic rings. The number of amides is 1. The third-order valence-corrected chi connectivity index (χ3v) is 2.69. The lowest BCUT2D eigenvalue weighted by Gasteiger charge is -2.06. The molecular weight excluding hydrogens is 268 g/mol. The number of nitrogens with zero attached hydrogens (tertiary/aromatic N) is 1. The van der Waals surface area contributed by atoms with E-state index in [-0.39, 0.29) is 5.91 Å². The standard InChI is InChI=1S/C15H18N4O2/c16-12-4-6-14(19-11-12)17-8-2-9-18-15(20)7-5-13-3-1-10-21-13/h1,3-7,10-11H,2,8-9,16H2,(H,17,19)(H,18,20)/b7-5+. The highest BCUT2D eigenvalue weighted by Crippen LogP contribution is 2.05. The molecular formula is C15H18N4O2. The molecule has 0 bridgehead atoms. The van der Waals surface area contributed by atoms with Gasteiger partial charge in [0.25, 0.3) is 0 Å². The molecule has 0 aromatic carbocycles. The van der Waals surface area contributed by atoms with Gasteiger partial charge in [0.2, 0.25) is 5.91 Å². The molecule has 1 amide bonds. The lowest BCUT2D eigenvalue weighted by molar-refractivity contribution is -0.116. The monoisotopic (exact) mass is 286 g/mol. The van der Waals surface area contributed by atoms with Crippen molar-refractivity contribution in [2.75, 3.05) is 24.1 Å². The molecule has 2 aromatic heterocycles. The highest BCUT2D eigenvalue weighted by Gasteiger charge is 1.97. The van der Waals surface area contributed by atoms with Crippen LogP contribution in [0.4, 0.5) is 11.5 Å². The largest absolute Gasteiger partial charge is 0.465 e. The van der Waals surface area contributed by atoms with E-state index in [1.165, 1.54) is 6.08 Å². The van der Waals surface area contributed by atoms with E-state index in [4.69, 9.17) is 10.2 Å². The number of nitrogen functional groups attached to an aromatic ring is 1. The first-order valence-corrected chi connectivity index (χ1v) is 6.69. The Labute approximate surface area is 123 Å². The minimum absolute atomic E-state index is 0.142. The van der Waals surface area contributed by atoms with E-state index in [0.29, 0.717) is 18.0 Å². The van der Waals surface area contributed by atoms with Crippen LogP contribution in [0.3, 0.4) is 0 Å². The number of hydrogen-bond donors (Lipinski definition) is 3. The van der Waals surface area contributed by atoms with E-state index in [1.807, 2.05) is 6.07 Å². The van der Waals surface area contributed by atoms with Gasteiger partial charge in [0, 0.05) is 19.2 Å². The fraction of sp³-hybridized carbons (Fsp3) is 0.200. The van der Waals surface area contributed by atoms with Crippen LogP contribution in [-0.4, -0.2) is 24.0 Å². The molecule has 0 saturated heterocycles. The fourth-order valence-corrected chi connectivity index (χ4v) is 1.63. The van der Waals surface area contributed by atoms with E-state index in [1.54, 1.807) is 36.7 Å². The minimum atomic E-state index is -0.142. The summed E-state index contributed by atoms with van der Waals surface area (Å²) in [6.07, 6.45) is 7.05. The summed E-state index contributed by atoms with van der Waals surface area (Å²) in [6.45, 7) is 1.31. The zero-order valence-corrected chi connectivity index (χ0v) is 11.6. The predicted molar refractivity (Wildman–Crippen MR) is 82.5 cm³/mol. The Kier molecular flexibility index (Phi) is 5.40. The molecule has 6 nitrogen and oxygen atoms in total. The summed E-state index contributed by atoms with van der Waals surface area (Å²) in [5, 5.41) is 5.94. The van der Waals surface area contributed by atoms with E-state index in [2.05, 4.69) is 15.6 Å². The summed E-state index contributed by atoms with van der Waals surface area (Å²) >= 11 is 0. The van der Waals surface area contributed by atoms with Crippen LogP contribution in [0.1, 0.15) is 12.2 Å². The van der Waals surface area contributed by atoms with Crippen LogP contribution < -0.4 is 16.4 Å². The number of pyridine rings is 1. The molecule has 6 heteroatoms. The SMILES string of the molecule is Nc1ccc(NCCCNC(=O)/C=C/c2ccco2)nc1. The van der Waals surface area contributed by atoms with Crippen molar-refractivity contribution in [1.82, 2.24) is 10.3 Å². The molecule has 0 radical (unpaired) electrons. The topological polar surface area (TPSA) is 93.2 Å². The predicted octanol–water partition coefficient (Wildman–Crippen LogP) is 1.89. The molecule has 0 unspecified atom stereocenters. The van der Waals surface area contributed by atoms with Crippen LogP contribution in [0.2, 0.25) is 0 Å². The summed E-state index contributed by atoms with van der Waals surface area (Å²) in [4.78, 5) is 15.6. The average molecular weight is 286 g/mol. The van der Waals surface area contributed by atoms with Crippen molar-refractivity contribution in [2.45, 2.75) is 6.42 Å². The zero-order chi connectivity index (χ0) is 14.9. The normalized spacial score (nSPS) is 10.7. The van der Waals surface area contributed by atoms with Crippen LogP contribution in [0.5, 0.6) is 0 Å². The van der Waals surface area contributed by atoms with Gasteiger partial charge >= 0.3 is 0 Å². The second kappa shape index (κ2) is 7.74. The van der Waals surface area contributed by atoms with Gasteiger partial charge in [-0.2, -0.15) is 0 Å². The number of carbonyl (C=O) groups is 1. The van der Waals surface area contributed by atoms with Crippen molar-refractivity contribution >= 4 is 23.5 Å². The van der Waals surface area contributed by atoms with Gasteiger partial charge < -0.3 is 20.8 Å². The van der Waals surface area contributed by atoms with Gasteiger partial charge in [0.1, 0.15) is 11.6 Å². The van der Waals surface area contributed by atoms with Gasteiger partial charge in [-0.15, -0.1) is 0 Å². The first-order valence-electron chi connectivity index (χ1n) is 6.69. The Balaban J connectivity index is 1.59. The van der Waals surface area contributed by atoms with Gasteiger partial charge in [-0.3, -0.25) is 4.79 Å². The lowest BCUT2D eigenvalue weighted by atomic mass is 10.3. The van der Waals surface area contributed by atoms with Gasteiger partial charge in [-0.1, -0.05) is 0 Å². The van der Waals surface area contributed by atoms with Crippen LogP contribution in [0.25, 0.3) is 6.08 Å². The number of rotatable bonds is 7. The fourth-order valence-electron chi connectivity index (χ4n) is 1.63. The third kappa shape index (κ3) is 5.40. The summed E-state index contributed by atoms with van der Waals surface area (Å²) in [5.41, 5.74) is 6.18. The lowest BCUT2D eigenvalue weighted by Crippen LogP contribution is -2.23. The second-order valence-corrected chi connectivity index (χ2v) is 4.40. The first kappa shape index (κ1) is 14.6. The molecule has 4 N–H and O–H groups in total. The molecule has 0 atom stereocenters. The van der Waals surface area contributed by atoms with Crippen molar-refractivity contribution in [1.29, 1.82) is 0 Å². The Morgan fingerprint density at radius 1 is 1.33 bits per heavy atom. The van der Waals surface area contributed by atoms with Gasteiger partial charge in [-0.25, -0.2) is 4.98 Å². The van der Waals surface area contributed by atoms with Crippen LogP contribution in [-0.2, 0) is 4.79 Å². The van der Waals surface area contributed by atoms with Gasteiger partial charge in [0.05, 0.1) is 18.1 Å². The highest BCUT2D eigenvalue weighted by molar-refractivity contribution is 5.91. The quantitative estimate of drug-likeness (QED) is 0.534. The summed E-state index contributed by atoms with van der Waals surface area (Å²) < 4.78 is 5.09. The number of nitrogens with one attached hydrogen (secondary N) is 2. The maximum absolute atomic E-state index is 11.5. The van der Waals surface area contributed by atoms with Crippen molar-refractivity contribution in [3.8, 4) is 0 Å². The average Bonchev–Trinajstić information content (AvgIpc) is 3.00. The summed E-state index contributed by atoms with van der Waals surface area (Å²) in [5.74, 6) is 1.28. The Hall–Kier alpha value is -2.76. The molecule has 110 valence electrons. The molecule has 21 heavy (non-hydrogen) atoms. The molecule has 2 aromatic rings. The van der Waals surface area contributed by atoms with E-state index >= 15 is 0 Å². The van der Waals surface area contributed by atoms with Gasteiger partial charge in [-0.05, 0) is 36.8 Å². The van der Waals surface area contributed by atoms with Gasteiger partial charge in [0.15, 0.2) is 0 Å².